The zero-order valence-corrected chi connectivity index (χ0v) is 26.4. The second-order valence-electron chi connectivity index (χ2n) is 12.0. The van der Waals surface area contributed by atoms with Crippen LogP contribution in [0, 0.1) is 0 Å². The normalized spacial score (nSPS) is 13.1. The van der Waals surface area contributed by atoms with Gasteiger partial charge in [-0.15, -0.1) is 0 Å². The van der Waals surface area contributed by atoms with Crippen LogP contribution in [0.1, 0.15) is 36.1 Å². The van der Waals surface area contributed by atoms with Crippen molar-refractivity contribution < 1.29 is 4.42 Å². The molecule has 0 aliphatic heterocycles. The van der Waals surface area contributed by atoms with Crippen LogP contribution in [0.5, 0.6) is 0 Å². The van der Waals surface area contributed by atoms with Crippen molar-refractivity contribution in [3.63, 3.8) is 0 Å². The molecule has 224 valence electrons. The molecular weight excluding hydrogens is 571 g/mol. The summed E-state index contributed by atoms with van der Waals surface area (Å²) in [6.45, 7) is 4.00. The Balaban J connectivity index is 0.00000149. The molecule has 2 heterocycles. The molecule has 2 heteroatoms. The zero-order chi connectivity index (χ0) is 31.5. The largest absolute Gasteiger partial charge is 0.455 e. The number of para-hydroxylation sites is 2. The molecule has 1 aliphatic carbocycles. The maximum atomic E-state index is 6.57. The summed E-state index contributed by atoms with van der Waals surface area (Å²) in [4.78, 5) is 0. The Hall–Kier alpha value is -5.86. The summed E-state index contributed by atoms with van der Waals surface area (Å²) < 4.78 is 8.99. The molecule has 47 heavy (non-hydrogen) atoms. The average Bonchev–Trinajstić information content (AvgIpc) is 3.79. The van der Waals surface area contributed by atoms with Gasteiger partial charge in [-0.05, 0) is 69.8 Å². The Morgan fingerprint density at radius 2 is 1.09 bits per heavy atom. The smallest absolute Gasteiger partial charge is 0.145 e. The van der Waals surface area contributed by atoms with Crippen LogP contribution in [-0.4, -0.2) is 4.57 Å². The van der Waals surface area contributed by atoms with Gasteiger partial charge in [0.2, 0.25) is 0 Å². The second kappa shape index (κ2) is 10.6. The van der Waals surface area contributed by atoms with E-state index in [1.165, 1.54) is 44.3 Å². The van der Waals surface area contributed by atoms with Gasteiger partial charge in [-0.2, -0.15) is 0 Å². The summed E-state index contributed by atoms with van der Waals surface area (Å²) >= 11 is 0. The van der Waals surface area contributed by atoms with Gasteiger partial charge in [-0.1, -0.05) is 141 Å². The summed E-state index contributed by atoms with van der Waals surface area (Å²) in [5.41, 5.74) is 12.6. The molecule has 0 N–H and O–H groups in total. The van der Waals surface area contributed by atoms with E-state index in [4.69, 9.17) is 4.42 Å². The van der Waals surface area contributed by atoms with E-state index in [-0.39, 0.29) is 0 Å². The lowest BCUT2D eigenvalue weighted by Crippen LogP contribution is -2.28. The van der Waals surface area contributed by atoms with E-state index in [0.717, 1.165) is 38.5 Å². The van der Waals surface area contributed by atoms with E-state index >= 15 is 0 Å². The molecular formula is C45H33NO. The fraction of sp³-hybridized carbons (Fsp3) is 0.0667. The first-order valence-corrected chi connectivity index (χ1v) is 16.5. The molecule has 0 unspecified atom stereocenters. The van der Waals surface area contributed by atoms with Crippen molar-refractivity contribution >= 4 is 43.7 Å². The Labute approximate surface area is 274 Å². The predicted molar refractivity (Wildman–Crippen MR) is 197 cm³/mol. The van der Waals surface area contributed by atoms with E-state index < -0.39 is 5.41 Å². The second-order valence-corrected chi connectivity index (χ2v) is 12.0. The molecule has 0 saturated heterocycles. The maximum Gasteiger partial charge on any atom is 0.145 e. The number of fused-ring (bicyclic) bond motifs is 10. The fourth-order valence-corrected chi connectivity index (χ4v) is 8.08. The molecule has 0 bridgehead atoms. The summed E-state index contributed by atoms with van der Waals surface area (Å²) in [6, 6.07) is 59.5. The molecule has 0 atom stereocenters. The maximum absolute atomic E-state index is 6.57. The lowest BCUT2D eigenvalue weighted by molar-refractivity contribution is 0.673. The SMILES string of the molecule is CC.c1ccc(C2(c3ccccc3)c3ccccc3-c3ccc(-n4c5ccccc5c5c6oc7ccccc7c6ccc54)cc32)cc1. The summed E-state index contributed by atoms with van der Waals surface area (Å²) in [5.74, 6) is 0. The lowest BCUT2D eigenvalue weighted by Gasteiger charge is -2.34. The average molecular weight is 604 g/mol. The van der Waals surface area contributed by atoms with Crippen LogP contribution < -0.4 is 0 Å². The van der Waals surface area contributed by atoms with Crippen LogP contribution in [-0.2, 0) is 5.41 Å². The highest BCUT2D eigenvalue weighted by Crippen LogP contribution is 2.56. The number of benzene rings is 7. The van der Waals surface area contributed by atoms with E-state index in [9.17, 15) is 0 Å². The first kappa shape index (κ1) is 27.5. The Morgan fingerprint density at radius 3 is 1.85 bits per heavy atom. The van der Waals surface area contributed by atoms with Crippen molar-refractivity contribution in [3.05, 3.63) is 186 Å². The first-order chi connectivity index (χ1) is 23.3. The van der Waals surface area contributed by atoms with Crippen molar-refractivity contribution in [3.8, 4) is 16.8 Å². The van der Waals surface area contributed by atoms with Crippen LogP contribution in [0.4, 0.5) is 0 Å². The van der Waals surface area contributed by atoms with E-state index in [0.29, 0.717) is 0 Å². The van der Waals surface area contributed by atoms with E-state index in [1.807, 2.05) is 19.9 Å². The molecule has 0 fully saturated rings. The van der Waals surface area contributed by atoms with Gasteiger partial charge in [0.25, 0.3) is 0 Å². The summed E-state index contributed by atoms with van der Waals surface area (Å²) in [6.07, 6.45) is 0. The van der Waals surface area contributed by atoms with Gasteiger partial charge in [0.1, 0.15) is 11.2 Å². The molecule has 0 radical (unpaired) electrons. The first-order valence-electron chi connectivity index (χ1n) is 16.5. The van der Waals surface area contributed by atoms with Gasteiger partial charge in [-0.3, -0.25) is 0 Å². The minimum atomic E-state index is -0.449. The monoisotopic (exact) mass is 603 g/mol. The van der Waals surface area contributed by atoms with Gasteiger partial charge in [0, 0.05) is 21.8 Å². The van der Waals surface area contributed by atoms with Gasteiger partial charge in [0.05, 0.1) is 21.8 Å². The predicted octanol–water partition coefficient (Wildman–Crippen LogP) is 12.1. The highest BCUT2D eigenvalue weighted by Gasteiger charge is 2.46. The van der Waals surface area contributed by atoms with Crippen molar-refractivity contribution in [2.75, 3.05) is 0 Å². The molecule has 0 amide bonds. The van der Waals surface area contributed by atoms with Crippen molar-refractivity contribution in [2.24, 2.45) is 0 Å². The lowest BCUT2D eigenvalue weighted by atomic mass is 9.67. The van der Waals surface area contributed by atoms with Gasteiger partial charge in [0.15, 0.2) is 0 Å². The van der Waals surface area contributed by atoms with Crippen LogP contribution in [0.3, 0.4) is 0 Å². The van der Waals surface area contributed by atoms with Crippen molar-refractivity contribution in [2.45, 2.75) is 19.3 Å². The Kier molecular flexibility index (Phi) is 6.20. The molecule has 2 nitrogen and oxygen atoms in total. The van der Waals surface area contributed by atoms with Crippen molar-refractivity contribution in [1.29, 1.82) is 0 Å². The molecule has 7 aromatic carbocycles. The molecule has 9 aromatic rings. The number of hydrogen-bond acceptors (Lipinski definition) is 1. The van der Waals surface area contributed by atoms with E-state index in [1.54, 1.807) is 0 Å². The van der Waals surface area contributed by atoms with Crippen LogP contribution in [0.2, 0.25) is 0 Å². The number of furan rings is 1. The molecule has 0 saturated carbocycles. The van der Waals surface area contributed by atoms with Gasteiger partial charge >= 0.3 is 0 Å². The third-order valence-corrected chi connectivity index (χ3v) is 9.88. The Bertz CT molecular complexity index is 2550. The molecule has 0 spiro atoms. The topological polar surface area (TPSA) is 18.1 Å². The summed E-state index contributed by atoms with van der Waals surface area (Å²) in [5, 5.41) is 4.65. The standard InChI is InChI=1S/C43H27NO.C2H6/c1-3-13-28(14-4-1)43(29-15-5-2-6-16-29)36-20-10-7-17-31(36)32-24-23-30(27-37(32)43)44-38-21-11-8-19-35(38)41-39(44)26-25-34-33-18-9-12-22-40(33)45-42(34)41;1-2/h1-27H;1-2H3. The van der Waals surface area contributed by atoms with Crippen LogP contribution in [0.15, 0.2) is 168 Å². The quantitative estimate of drug-likeness (QED) is 0.196. The third kappa shape index (κ3) is 3.73. The van der Waals surface area contributed by atoms with Gasteiger partial charge < -0.3 is 8.98 Å². The highest BCUT2D eigenvalue weighted by molar-refractivity contribution is 6.23. The summed E-state index contributed by atoms with van der Waals surface area (Å²) in [7, 11) is 0. The minimum absolute atomic E-state index is 0.449. The van der Waals surface area contributed by atoms with Crippen LogP contribution >= 0.6 is 0 Å². The number of hydrogen-bond donors (Lipinski definition) is 0. The molecule has 1 aliphatic rings. The Morgan fingerprint density at radius 1 is 0.468 bits per heavy atom. The molecule has 2 aromatic heterocycles. The van der Waals surface area contributed by atoms with E-state index in [2.05, 4.69) is 162 Å². The minimum Gasteiger partial charge on any atom is -0.455 e. The van der Waals surface area contributed by atoms with Gasteiger partial charge in [-0.25, -0.2) is 0 Å². The van der Waals surface area contributed by atoms with Crippen molar-refractivity contribution in [1.82, 2.24) is 4.57 Å². The molecule has 10 rings (SSSR count). The number of aromatic nitrogens is 1. The fourth-order valence-electron chi connectivity index (χ4n) is 8.08. The zero-order valence-electron chi connectivity index (χ0n) is 26.4. The number of rotatable bonds is 3. The third-order valence-electron chi connectivity index (χ3n) is 9.88. The van der Waals surface area contributed by atoms with Crippen LogP contribution in [0.25, 0.3) is 60.6 Å². The highest BCUT2D eigenvalue weighted by atomic mass is 16.3. The number of nitrogens with zero attached hydrogens (tertiary/aromatic N) is 1.